The molecule has 2 heteroatoms. The van der Waals surface area contributed by atoms with Crippen LogP contribution in [-0.2, 0) is 0 Å². The van der Waals surface area contributed by atoms with Crippen molar-refractivity contribution in [3.63, 3.8) is 0 Å². The van der Waals surface area contributed by atoms with E-state index < -0.39 is 0 Å². The highest BCUT2D eigenvalue weighted by Gasteiger charge is 2.29. The second-order valence-corrected chi connectivity index (χ2v) is 5.89. The summed E-state index contributed by atoms with van der Waals surface area (Å²) in [7, 11) is 0. The summed E-state index contributed by atoms with van der Waals surface area (Å²) in [6, 6.07) is 6.68. The number of rotatable bonds is 2. The molecule has 18 heavy (non-hydrogen) atoms. The standard InChI is InChI=1S/C16H23NO/c1-11-5-6-16(15(8-11)10-18)17-9-12(2)7-13(3)14(17)4/h5-6,8,10,12-14H,7,9H2,1-4H3. The van der Waals surface area contributed by atoms with Crippen molar-refractivity contribution in [2.24, 2.45) is 11.8 Å². The van der Waals surface area contributed by atoms with E-state index >= 15 is 0 Å². The van der Waals surface area contributed by atoms with Crippen molar-refractivity contribution in [1.29, 1.82) is 0 Å². The molecular formula is C16H23NO. The highest BCUT2D eigenvalue weighted by molar-refractivity contribution is 5.85. The first-order valence-electron chi connectivity index (χ1n) is 6.85. The highest BCUT2D eigenvalue weighted by Crippen LogP contribution is 2.33. The normalized spacial score (nSPS) is 28.2. The van der Waals surface area contributed by atoms with Gasteiger partial charge in [-0.3, -0.25) is 4.79 Å². The number of carbonyl (C=O) groups excluding carboxylic acids is 1. The minimum Gasteiger partial charge on any atom is -0.368 e. The van der Waals surface area contributed by atoms with Gasteiger partial charge >= 0.3 is 0 Å². The minimum atomic E-state index is 0.502. The van der Waals surface area contributed by atoms with E-state index in [-0.39, 0.29) is 0 Å². The molecule has 0 bridgehead atoms. The van der Waals surface area contributed by atoms with E-state index in [1.165, 1.54) is 6.42 Å². The summed E-state index contributed by atoms with van der Waals surface area (Å²) >= 11 is 0. The fourth-order valence-corrected chi connectivity index (χ4v) is 3.06. The Labute approximate surface area is 110 Å². The van der Waals surface area contributed by atoms with E-state index in [0.29, 0.717) is 17.9 Å². The lowest BCUT2D eigenvalue weighted by Gasteiger charge is -2.43. The van der Waals surface area contributed by atoms with Gasteiger partial charge in [0.05, 0.1) is 0 Å². The van der Waals surface area contributed by atoms with Gasteiger partial charge in [-0.05, 0) is 44.2 Å². The maximum atomic E-state index is 11.3. The first-order valence-corrected chi connectivity index (χ1v) is 6.85. The topological polar surface area (TPSA) is 20.3 Å². The van der Waals surface area contributed by atoms with E-state index in [2.05, 4.69) is 37.8 Å². The van der Waals surface area contributed by atoms with Crippen molar-refractivity contribution in [1.82, 2.24) is 0 Å². The lowest BCUT2D eigenvalue weighted by Crippen LogP contribution is -2.46. The van der Waals surface area contributed by atoms with Crippen LogP contribution in [0.1, 0.15) is 43.1 Å². The molecule has 1 fully saturated rings. The highest BCUT2D eigenvalue weighted by atomic mass is 16.1. The molecule has 0 amide bonds. The zero-order valence-corrected chi connectivity index (χ0v) is 11.8. The van der Waals surface area contributed by atoms with Gasteiger partial charge in [-0.15, -0.1) is 0 Å². The third kappa shape index (κ3) is 2.43. The Kier molecular flexibility index (Phi) is 3.74. The molecule has 1 aliphatic heterocycles. The van der Waals surface area contributed by atoms with Crippen molar-refractivity contribution in [2.45, 2.75) is 40.2 Å². The predicted octanol–water partition coefficient (Wildman–Crippen LogP) is 3.68. The van der Waals surface area contributed by atoms with Crippen LogP contribution >= 0.6 is 0 Å². The van der Waals surface area contributed by atoms with Gasteiger partial charge in [0.1, 0.15) is 0 Å². The molecule has 0 N–H and O–H groups in total. The van der Waals surface area contributed by atoms with Gasteiger partial charge in [0, 0.05) is 23.8 Å². The monoisotopic (exact) mass is 245 g/mol. The van der Waals surface area contributed by atoms with Gasteiger partial charge in [0.25, 0.3) is 0 Å². The first kappa shape index (κ1) is 13.1. The Hall–Kier alpha value is -1.31. The summed E-state index contributed by atoms with van der Waals surface area (Å²) in [5.41, 5.74) is 3.07. The van der Waals surface area contributed by atoms with Crippen LogP contribution in [0.15, 0.2) is 18.2 Å². The Morgan fingerprint density at radius 1 is 1.28 bits per heavy atom. The van der Waals surface area contributed by atoms with Gasteiger partial charge in [-0.25, -0.2) is 0 Å². The summed E-state index contributed by atoms with van der Waals surface area (Å²) in [6.07, 6.45) is 2.26. The van der Waals surface area contributed by atoms with Crippen molar-refractivity contribution >= 4 is 12.0 Å². The second kappa shape index (κ2) is 5.13. The molecule has 0 saturated carbocycles. The van der Waals surface area contributed by atoms with Crippen LogP contribution in [0.25, 0.3) is 0 Å². The molecule has 1 aromatic rings. The van der Waals surface area contributed by atoms with Gasteiger partial charge in [0.2, 0.25) is 0 Å². The number of aryl methyl sites for hydroxylation is 1. The van der Waals surface area contributed by atoms with Crippen molar-refractivity contribution in [3.05, 3.63) is 29.3 Å². The molecule has 0 spiro atoms. The Morgan fingerprint density at radius 3 is 2.67 bits per heavy atom. The van der Waals surface area contributed by atoms with E-state index in [1.807, 2.05) is 13.0 Å². The molecule has 1 heterocycles. The molecule has 1 aliphatic rings. The van der Waals surface area contributed by atoms with E-state index in [0.717, 1.165) is 29.6 Å². The average Bonchev–Trinajstić information content (AvgIpc) is 2.34. The molecule has 3 unspecified atom stereocenters. The smallest absolute Gasteiger partial charge is 0.152 e. The molecule has 98 valence electrons. The largest absolute Gasteiger partial charge is 0.368 e. The molecular weight excluding hydrogens is 222 g/mol. The molecule has 0 radical (unpaired) electrons. The summed E-state index contributed by atoms with van der Waals surface area (Å²) in [5, 5.41) is 0. The Morgan fingerprint density at radius 2 is 2.00 bits per heavy atom. The molecule has 1 aromatic carbocycles. The molecule has 2 rings (SSSR count). The van der Waals surface area contributed by atoms with Gasteiger partial charge in [-0.1, -0.05) is 25.5 Å². The molecule has 1 saturated heterocycles. The summed E-state index contributed by atoms with van der Waals surface area (Å²) in [6.45, 7) is 9.95. The summed E-state index contributed by atoms with van der Waals surface area (Å²) in [4.78, 5) is 13.7. The fourth-order valence-electron chi connectivity index (χ4n) is 3.06. The third-order valence-corrected chi connectivity index (χ3v) is 4.22. The quantitative estimate of drug-likeness (QED) is 0.741. The van der Waals surface area contributed by atoms with Crippen molar-refractivity contribution in [3.8, 4) is 0 Å². The predicted molar refractivity (Wildman–Crippen MR) is 76.3 cm³/mol. The van der Waals surface area contributed by atoms with Crippen molar-refractivity contribution < 1.29 is 4.79 Å². The van der Waals surface area contributed by atoms with Crippen molar-refractivity contribution in [2.75, 3.05) is 11.4 Å². The summed E-state index contributed by atoms with van der Waals surface area (Å²) < 4.78 is 0. The molecule has 0 aromatic heterocycles. The van der Waals surface area contributed by atoms with Gasteiger partial charge in [-0.2, -0.15) is 0 Å². The number of aldehydes is 1. The lowest BCUT2D eigenvalue weighted by atomic mass is 9.85. The maximum Gasteiger partial charge on any atom is 0.152 e. The summed E-state index contributed by atoms with van der Waals surface area (Å²) in [5.74, 6) is 1.37. The van der Waals surface area contributed by atoms with Gasteiger partial charge < -0.3 is 4.90 Å². The first-order chi connectivity index (χ1) is 8.52. The van der Waals surface area contributed by atoms with E-state index in [4.69, 9.17) is 0 Å². The number of anilines is 1. The van der Waals surface area contributed by atoms with Crippen LogP contribution in [0.2, 0.25) is 0 Å². The third-order valence-electron chi connectivity index (χ3n) is 4.22. The van der Waals surface area contributed by atoms with E-state index in [9.17, 15) is 4.79 Å². The van der Waals surface area contributed by atoms with Crippen LogP contribution in [0.4, 0.5) is 5.69 Å². The van der Waals surface area contributed by atoms with Crippen LogP contribution in [-0.4, -0.2) is 18.9 Å². The Balaban J connectivity index is 2.37. The second-order valence-electron chi connectivity index (χ2n) is 5.89. The SMILES string of the molecule is Cc1ccc(N2CC(C)CC(C)C2C)c(C=O)c1. The number of piperidine rings is 1. The number of hydrogen-bond acceptors (Lipinski definition) is 2. The average molecular weight is 245 g/mol. The minimum absolute atomic E-state index is 0.502. The fraction of sp³-hybridized carbons (Fsp3) is 0.562. The zero-order chi connectivity index (χ0) is 13.3. The Bertz CT molecular complexity index is 441. The van der Waals surface area contributed by atoms with Crippen LogP contribution in [0.5, 0.6) is 0 Å². The molecule has 0 aliphatic carbocycles. The van der Waals surface area contributed by atoms with Crippen LogP contribution in [0.3, 0.4) is 0 Å². The number of carbonyl (C=O) groups is 1. The van der Waals surface area contributed by atoms with Gasteiger partial charge in [0.15, 0.2) is 6.29 Å². The zero-order valence-electron chi connectivity index (χ0n) is 11.8. The maximum absolute atomic E-state index is 11.3. The van der Waals surface area contributed by atoms with Crippen LogP contribution < -0.4 is 4.90 Å². The lowest BCUT2D eigenvalue weighted by molar-refractivity contribution is 0.112. The van der Waals surface area contributed by atoms with Crippen LogP contribution in [0, 0.1) is 18.8 Å². The number of hydrogen-bond donors (Lipinski definition) is 0. The molecule has 3 atom stereocenters. The van der Waals surface area contributed by atoms with E-state index in [1.54, 1.807) is 0 Å². The number of nitrogens with zero attached hydrogens (tertiary/aromatic N) is 1. The molecule has 2 nitrogen and oxygen atoms in total. The number of benzene rings is 1.